The molecule has 0 fully saturated rings. The molecule has 1 amide bonds. The maximum Gasteiger partial charge on any atom is 0.339 e. The summed E-state index contributed by atoms with van der Waals surface area (Å²) in [6.07, 6.45) is 1.57. The van der Waals surface area contributed by atoms with Gasteiger partial charge in [0.25, 0.3) is 5.91 Å². The number of aryl methyl sites for hydroxylation is 2. The highest BCUT2D eigenvalue weighted by Crippen LogP contribution is 2.23. The molecule has 1 aromatic heterocycles. The van der Waals surface area contributed by atoms with Crippen LogP contribution >= 0.6 is 0 Å². The molecule has 1 heterocycles. The summed E-state index contributed by atoms with van der Waals surface area (Å²) in [5, 5.41) is 2.66. The molecule has 0 saturated heterocycles. The van der Waals surface area contributed by atoms with Crippen molar-refractivity contribution in [2.45, 2.75) is 18.7 Å². The number of nitrogens with zero attached hydrogens (tertiary/aromatic N) is 1. The largest absolute Gasteiger partial charge is 0.379 e. The van der Waals surface area contributed by atoms with E-state index >= 15 is 0 Å². The number of pyridine rings is 1. The molecule has 2 aromatic carbocycles. The van der Waals surface area contributed by atoms with Crippen molar-refractivity contribution in [3.63, 3.8) is 0 Å². The molecule has 0 atom stereocenters. The Morgan fingerprint density at radius 1 is 1.00 bits per heavy atom. The van der Waals surface area contributed by atoms with Gasteiger partial charge in [-0.25, -0.2) is 4.98 Å². The van der Waals surface area contributed by atoms with E-state index in [0.29, 0.717) is 16.9 Å². The van der Waals surface area contributed by atoms with Gasteiger partial charge in [0, 0.05) is 11.8 Å². The summed E-state index contributed by atoms with van der Waals surface area (Å²) < 4.78 is 30.3. The molecule has 0 spiro atoms. The Morgan fingerprint density at radius 3 is 2.41 bits per heavy atom. The first-order valence-electron chi connectivity index (χ1n) is 8.19. The predicted octanol–water partition coefficient (Wildman–Crippen LogP) is 3.72. The first-order chi connectivity index (χ1) is 12.8. The smallest absolute Gasteiger partial charge is 0.339 e. The first-order valence-corrected chi connectivity index (χ1v) is 9.60. The van der Waals surface area contributed by atoms with E-state index in [1.54, 1.807) is 43.5 Å². The standard InChI is InChI=1S/C20H18N2O4S/c1-14-6-7-15(2)18(13-14)27(24,25)26-17-10-8-16(9-11-17)20(23)22-19-5-3-4-12-21-19/h3-13H,1-2H3,(H,21,22,23). The zero-order chi connectivity index (χ0) is 19.4. The molecule has 27 heavy (non-hydrogen) atoms. The number of nitrogens with one attached hydrogen (secondary N) is 1. The van der Waals surface area contributed by atoms with Gasteiger partial charge in [-0.2, -0.15) is 8.42 Å². The van der Waals surface area contributed by atoms with Crippen LogP contribution in [-0.2, 0) is 10.1 Å². The Kier molecular flexibility index (Phi) is 5.23. The Labute approximate surface area is 158 Å². The van der Waals surface area contributed by atoms with Crippen LogP contribution in [0.15, 0.2) is 71.8 Å². The van der Waals surface area contributed by atoms with E-state index in [0.717, 1.165) is 5.56 Å². The number of anilines is 1. The van der Waals surface area contributed by atoms with Gasteiger partial charge >= 0.3 is 10.1 Å². The van der Waals surface area contributed by atoms with Crippen molar-refractivity contribution < 1.29 is 17.4 Å². The number of amides is 1. The third-order valence-electron chi connectivity index (χ3n) is 3.84. The van der Waals surface area contributed by atoms with E-state index < -0.39 is 10.1 Å². The minimum absolute atomic E-state index is 0.125. The second-order valence-corrected chi connectivity index (χ2v) is 7.51. The molecule has 1 N–H and O–H groups in total. The quantitative estimate of drug-likeness (QED) is 0.680. The van der Waals surface area contributed by atoms with E-state index in [1.807, 2.05) is 13.0 Å². The Hall–Kier alpha value is -3.19. The third kappa shape index (κ3) is 4.51. The molecule has 0 aliphatic heterocycles. The Balaban J connectivity index is 1.75. The number of hydrogen-bond donors (Lipinski definition) is 1. The summed E-state index contributed by atoms with van der Waals surface area (Å²) >= 11 is 0. The average Bonchev–Trinajstić information content (AvgIpc) is 2.64. The molecule has 0 unspecified atom stereocenters. The third-order valence-corrected chi connectivity index (χ3v) is 5.23. The summed E-state index contributed by atoms with van der Waals surface area (Å²) in [4.78, 5) is 16.4. The van der Waals surface area contributed by atoms with Crippen molar-refractivity contribution >= 4 is 21.8 Å². The van der Waals surface area contributed by atoms with Crippen molar-refractivity contribution in [1.29, 1.82) is 0 Å². The highest BCUT2D eigenvalue weighted by atomic mass is 32.2. The number of aromatic nitrogens is 1. The summed E-state index contributed by atoms with van der Waals surface area (Å²) in [5.74, 6) is 0.211. The lowest BCUT2D eigenvalue weighted by atomic mass is 10.2. The van der Waals surface area contributed by atoms with E-state index in [4.69, 9.17) is 4.18 Å². The minimum atomic E-state index is -3.96. The lowest BCUT2D eigenvalue weighted by molar-refractivity contribution is 0.102. The highest BCUT2D eigenvalue weighted by Gasteiger charge is 2.19. The van der Waals surface area contributed by atoms with Gasteiger partial charge < -0.3 is 9.50 Å². The SMILES string of the molecule is Cc1ccc(C)c(S(=O)(=O)Oc2ccc(C(=O)Nc3ccccn3)cc2)c1. The summed E-state index contributed by atoms with van der Waals surface area (Å²) in [6, 6.07) is 16.2. The number of rotatable bonds is 5. The van der Waals surface area contributed by atoms with Crippen LogP contribution in [-0.4, -0.2) is 19.3 Å². The Morgan fingerprint density at radius 2 is 1.74 bits per heavy atom. The lowest BCUT2D eigenvalue weighted by Crippen LogP contribution is -2.13. The van der Waals surface area contributed by atoms with Gasteiger partial charge in [0.2, 0.25) is 0 Å². The molecular formula is C20H18N2O4S. The van der Waals surface area contributed by atoms with Gasteiger partial charge in [0.05, 0.1) is 0 Å². The van der Waals surface area contributed by atoms with Gasteiger partial charge in [-0.1, -0.05) is 18.2 Å². The fourth-order valence-corrected chi connectivity index (χ4v) is 3.68. The van der Waals surface area contributed by atoms with E-state index in [9.17, 15) is 13.2 Å². The topological polar surface area (TPSA) is 85.4 Å². The second kappa shape index (κ2) is 7.59. The van der Waals surface area contributed by atoms with Crippen LogP contribution in [0.5, 0.6) is 5.75 Å². The highest BCUT2D eigenvalue weighted by molar-refractivity contribution is 7.87. The molecule has 7 heteroatoms. The first kappa shape index (κ1) is 18.6. The van der Waals surface area contributed by atoms with E-state index in [2.05, 4.69) is 10.3 Å². The molecular weight excluding hydrogens is 364 g/mol. The number of benzene rings is 2. The Bertz CT molecular complexity index is 1060. The van der Waals surface area contributed by atoms with Crippen LogP contribution in [0.3, 0.4) is 0 Å². The minimum Gasteiger partial charge on any atom is -0.379 e. The van der Waals surface area contributed by atoms with Crippen molar-refractivity contribution in [3.05, 3.63) is 83.6 Å². The number of carbonyl (C=O) groups excluding carboxylic acids is 1. The van der Waals surface area contributed by atoms with E-state index in [1.165, 1.54) is 24.3 Å². The summed E-state index contributed by atoms with van der Waals surface area (Å²) in [7, 11) is -3.96. The predicted molar refractivity (Wildman–Crippen MR) is 102 cm³/mol. The van der Waals surface area contributed by atoms with Crippen LogP contribution in [0.25, 0.3) is 0 Å². The van der Waals surface area contributed by atoms with Crippen LogP contribution in [0.2, 0.25) is 0 Å². The van der Waals surface area contributed by atoms with Crippen LogP contribution in [0, 0.1) is 13.8 Å². The molecule has 6 nitrogen and oxygen atoms in total. The van der Waals surface area contributed by atoms with Gasteiger partial charge in [-0.15, -0.1) is 0 Å². The maximum absolute atomic E-state index is 12.5. The van der Waals surface area contributed by atoms with Crippen molar-refractivity contribution in [2.75, 3.05) is 5.32 Å². The molecule has 3 aromatic rings. The second-order valence-electron chi connectivity index (χ2n) is 6.00. The zero-order valence-corrected chi connectivity index (χ0v) is 15.7. The fraction of sp³-hybridized carbons (Fsp3) is 0.100. The number of hydrogen-bond acceptors (Lipinski definition) is 5. The van der Waals surface area contributed by atoms with Crippen LogP contribution in [0.4, 0.5) is 5.82 Å². The normalized spacial score (nSPS) is 11.0. The summed E-state index contributed by atoms with van der Waals surface area (Å²) in [6.45, 7) is 3.52. The molecule has 0 saturated carbocycles. The molecule has 0 aliphatic rings. The molecule has 0 aliphatic carbocycles. The van der Waals surface area contributed by atoms with E-state index in [-0.39, 0.29) is 16.6 Å². The number of carbonyl (C=O) groups is 1. The van der Waals surface area contributed by atoms with Crippen molar-refractivity contribution in [3.8, 4) is 5.75 Å². The molecule has 138 valence electrons. The van der Waals surface area contributed by atoms with Gasteiger partial charge in [-0.05, 0) is 67.4 Å². The monoisotopic (exact) mass is 382 g/mol. The van der Waals surface area contributed by atoms with Gasteiger partial charge in [0.15, 0.2) is 0 Å². The van der Waals surface area contributed by atoms with Crippen molar-refractivity contribution in [1.82, 2.24) is 4.98 Å². The van der Waals surface area contributed by atoms with Crippen LogP contribution < -0.4 is 9.50 Å². The van der Waals surface area contributed by atoms with Crippen LogP contribution in [0.1, 0.15) is 21.5 Å². The van der Waals surface area contributed by atoms with Crippen molar-refractivity contribution in [2.24, 2.45) is 0 Å². The maximum atomic E-state index is 12.5. The lowest BCUT2D eigenvalue weighted by Gasteiger charge is -2.10. The molecule has 3 rings (SSSR count). The molecule has 0 radical (unpaired) electrons. The average molecular weight is 382 g/mol. The summed E-state index contributed by atoms with van der Waals surface area (Å²) in [5.41, 5.74) is 1.79. The van der Waals surface area contributed by atoms with Gasteiger partial charge in [-0.3, -0.25) is 4.79 Å². The zero-order valence-electron chi connectivity index (χ0n) is 14.8. The fourth-order valence-electron chi connectivity index (χ4n) is 2.44. The van der Waals surface area contributed by atoms with Gasteiger partial charge in [0.1, 0.15) is 16.5 Å². The molecule has 0 bridgehead atoms.